The summed E-state index contributed by atoms with van der Waals surface area (Å²) in [7, 11) is 0. The van der Waals surface area contributed by atoms with E-state index in [0.29, 0.717) is 37.9 Å². The molecule has 0 bridgehead atoms. The molecule has 2 saturated heterocycles. The first-order chi connectivity index (χ1) is 14.4. The van der Waals surface area contributed by atoms with Crippen molar-refractivity contribution in [2.75, 3.05) is 32.7 Å². The molecule has 2 aromatic rings. The van der Waals surface area contributed by atoms with Gasteiger partial charge in [-0.15, -0.1) is 11.3 Å². The number of carbonyl (C=O) groups excluding carboxylic acids is 1. The van der Waals surface area contributed by atoms with Crippen molar-refractivity contribution in [1.29, 1.82) is 0 Å². The summed E-state index contributed by atoms with van der Waals surface area (Å²) in [4.78, 5) is 36.1. The average Bonchev–Trinajstić information content (AvgIpc) is 2.88. The third-order valence-corrected chi connectivity index (χ3v) is 7.84. The van der Waals surface area contributed by atoms with Crippen molar-refractivity contribution in [3.8, 4) is 0 Å². The number of amides is 1. The number of nitrogens with zero attached hydrogens (tertiary/aromatic N) is 4. The van der Waals surface area contributed by atoms with Crippen LogP contribution in [0.25, 0.3) is 10.2 Å². The number of carbonyl (C=O) groups is 1. The molecule has 0 aliphatic carbocycles. The summed E-state index contributed by atoms with van der Waals surface area (Å²) < 4.78 is 1.54. The Hall–Kier alpha value is -1.77. The second-order valence-corrected chi connectivity index (χ2v) is 10.1. The number of rotatable bonds is 4. The minimum atomic E-state index is -0.989. The van der Waals surface area contributed by atoms with Crippen LogP contribution in [0.5, 0.6) is 0 Å². The Morgan fingerprint density at radius 1 is 1.13 bits per heavy atom. The molecule has 0 unspecified atom stereocenters. The fraction of sp³-hybridized carbons (Fsp3) is 0.682. The first kappa shape index (κ1) is 21.5. The predicted octanol–water partition coefficient (Wildman–Crippen LogP) is 2.30. The molecule has 2 aliphatic heterocycles. The maximum absolute atomic E-state index is 12.9. The van der Waals surface area contributed by atoms with Crippen molar-refractivity contribution in [3.05, 3.63) is 27.1 Å². The lowest BCUT2D eigenvalue weighted by molar-refractivity contribution is -0.137. The van der Waals surface area contributed by atoms with Gasteiger partial charge < -0.3 is 10.0 Å². The van der Waals surface area contributed by atoms with Gasteiger partial charge in [-0.05, 0) is 58.2 Å². The Labute approximate surface area is 181 Å². The van der Waals surface area contributed by atoms with E-state index in [1.807, 2.05) is 18.7 Å². The highest BCUT2D eigenvalue weighted by Crippen LogP contribution is 2.27. The largest absolute Gasteiger partial charge is 0.388 e. The number of aryl methyl sites for hydroxylation is 2. The summed E-state index contributed by atoms with van der Waals surface area (Å²) in [5.41, 5.74) is -0.102. The number of thiophene rings is 1. The Morgan fingerprint density at radius 2 is 1.80 bits per heavy atom. The van der Waals surface area contributed by atoms with Crippen LogP contribution in [-0.4, -0.2) is 68.7 Å². The van der Waals surface area contributed by atoms with Gasteiger partial charge >= 0.3 is 0 Å². The first-order valence-electron chi connectivity index (χ1n) is 11.0. The molecular formula is C22H32N4O3S. The normalized spacial score (nSPS) is 20.4. The van der Waals surface area contributed by atoms with E-state index in [1.165, 1.54) is 41.6 Å². The second-order valence-electron chi connectivity index (χ2n) is 8.94. The monoisotopic (exact) mass is 432 g/mol. The number of likely N-dealkylation sites (tertiary alicyclic amines) is 2. The maximum atomic E-state index is 12.9. The number of hydrogen-bond donors (Lipinski definition) is 1. The lowest BCUT2D eigenvalue weighted by Crippen LogP contribution is -2.51. The van der Waals surface area contributed by atoms with Crippen LogP contribution in [0.4, 0.5) is 0 Å². The smallest absolute Gasteiger partial charge is 0.262 e. The molecule has 4 heterocycles. The molecule has 2 fully saturated rings. The van der Waals surface area contributed by atoms with Gasteiger partial charge in [-0.3, -0.25) is 19.1 Å². The molecule has 2 aliphatic rings. The lowest BCUT2D eigenvalue weighted by atomic mass is 9.91. The van der Waals surface area contributed by atoms with Crippen LogP contribution in [0, 0.1) is 13.8 Å². The van der Waals surface area contributed by atoms with Gasteiger partial charge in [-0.25, -0.2) is 4.98 Å². The van der Waals surface area contributed by atoms with Gasteiger partial charge in [0.05, 0.1) is 30.4 Å². The van der Waals surface area contributed by atoms with Crippen LogP contribution in [0.3, 0.4) is 0 Å². The third kappa shape index (κ3) is 4.45. The minimum absolute atomic E-state index is 0.0880. The highest BCUT2D eigenvalue weighted by molar-refractivity contribution is 7.18. The average molecular weight is 433 g/mol. The third-order valence-electron chi connectivity index (χ3n) is 6.72. The summed E-state index contributed by atoms with van der Waals surface area (Å²) in [5, 5.41) is 11.8. The number of aliphatic hydroxyl groups is 1. The van der Waals surface area contributed by atoms with E-state index < -0.39 is 5.60 Å². The van der Waals surface area contributed by atoms with E-state index in [9.17, 15) is 14.7 Å². The molecule has 2 aromatic heterocycles. The number of piperidine rings is 1. The van der Waals surface area contributed by atoms with Crippen molar-refractivity contribution >= 4 is 27.5 Å². The summed E-state index contributed by atoms with van der Waals surface area (Å²) in [6.45, 7) is 7.72. The van der Waals surface area contributed by atoms with Gasteiger partial charge in [0, 0.05) is 18.0 Å². The Kier molecular flexibility index (Phi) is 6.27. The van der Waals surface area contributed by atoms with Gasteiger partial charge in [-0.2, -0.15) is 0 Å². The van der Waals surface area contributed by atoms with Crippen LogP contribution in [-0.2, 0) is 11.3 Å². The van der Waals surface area contributed by atoms with Gasteiger partial charge in [-0.1, -0.05) is 12.8 Å². The van der Waals surface area contributed by atoms with Crippen molar-refractivity contribution in [2.45, 2.75) is 64.5 Å². The predicted molar refractivity (Wildman–Crippen MR) is 119 cm³/mol. The fourth-order valence-electron chi connectivity index (χ4n) is 4.62. The van der Waals surface area contributed by atoms with Crippen molar-refractivity contribution in [3.63, 3.8) is 0 Å². The summed E-state index contributed by atoms with van der Waals surface area (Å²) in [6, 6.07) is 0. The standard InChI is InChI=1S/C22H32N4O3S/c1-16-17(2)30-20-19(16)21(28)26(15-23-20)14-22(29)7-11-25(12-8-22)18(27)13-24-9-5-3-4-6-10-24/h15,29H,3-14H2,1-2H3. The molecule has 30 heavy (non-hydrogen) atoms. The lowest BCUT2D eigenvalue weighted by Gasteiger charge is -2.39. The molecular weight excluding hydrogens is 400 g/mol. The van der Waals surface area contributed by atoms with Gasteiger partial charge in [0.1, 0.15) is 4.83 Å². The van der Waals surface area contributed by atoms with Crippen molar-refractivity contribution < 1.29 is 9.90 Å². The SMILES string of the molecule is Cc1sc2ncn(CC3(O)CCN(C(=O)CN4CCCCCC4)CC3)c(=O)c2c1C. The molecule has 4 rings (SSSR count). The highest BCUT2D eigenvalue weighted by Gasteiger charge is 2.35. The van der Waals surface area contributed by atoms with E-state index in [1.54, 1.807) is 6.33 Å². The first-order valence-corrected chi connectivity index (χ1v) is 11.9. The van der Waals surface area contributed by atoms with E-state index in [4.69, 9.17) is 0 Å². The zero-order chi connectivity index (χ0) is 21.3. The van der Waals surface area contributed by atoms with E-state index in [2.05, 4.69) is 9.88 Å². The quantitative estimate of drug-likeness (QED) is 0.802. The Balaban J connectivity index is 1.39. The summed E-state index contributed by atoms with van der Waals surface area (Å²) >= 11 is 1.53. The minimum Gasteiger partial charge on any atom is -0.388 e. The Morgan fingerprint density at radius 3 is 2.47 bits per heavy atom. The molecule has 1 N–H and O–H groups in total. The van der Waals surface area contributed by atoms with Crippen LogP contribution >= 0.6 is 11.3 Å². The summed E-state index contributed by atoms with van der Waals surface area (Å²) in [5.74, 6) is 0.156. The number of aromatic nitrogens is 2. The molecule has 0 atom stereocenters. The van der Waals surface area contributed by atoms with E-state index in [0.717, 1.165) is 28.4 Å². The highest BCUT2D eigenvalue weighted by atomic mass is 32.1. The number of hydrogen-bond acceptors (Lipinski definition) is 6. The van der Waals surface area contributed by atoms with Crippen molar-refractivity contribution in [2.24, 2.45) is 0 Å². The van der Waals surface area contributed by atoms with Gasteiger partial charge in [0.25, 0.3) is 5.56 Å². The maximum Gasteiger partial charge on any atom is 0.262 e. The summed E-state index contributed by atoms with van der Waals surface area (Å²) in [6.07, 6.45) is 7.36. The molecule has 0 spiro atoms. The molecule has 0 radical (unpaired) electrons. The van der Waals surface area contributed by atoms with Crippen molar-refractivity contribution in [1.82, 2.24) is 19.4 Å². The van der Waals surface area contributed by atoms with Crippen LogP contribution in [0.1, 0.15) is 49.0 Å². The van der Waals surface area contributed by atoms with Gasteiger partial charge in [0.15, 0.2) is 0 Å². The molecule has 0 saturated carbocycles. The zero-order valence-electron chi connectivity index (χ0n) is 18.0. The van der Waals surface area contributed by atoms with Crippen LogP contribution in [0.15, 0.2) is 11.1 Å². The zero-order valence-corrected chi connectivity index (χ0v) is 18.8. The van der Waals surface area contributed by atoms with Gasteiger partial charge in [0.2, 0.25) is 5.91 Å². The van der Waals surface area contributed by atoms with Crippen LogP contribution in [0.2, 0.25) is 0 Å². The molecule has 8 heteroatoms. The molecule has 164 valence electrons. The second kappa shape index (κ2) is 8.77. The van der Waals surface area contributed by atoms with E-state index in [-0.39, 0.29) is 18.0 Å². The molecule has 0 aromatic carbocycles. The molecule has 7 nitrogen and oxygen atoms in total. The Bertz CT molecular complexity index is 967. The topological polar surface area (TPSA) is 78.7 Å². The fourth-order valence-corrected chi connectivity index (χ4v) is 5.60. The van der Waals surface area contributed by atoms with Crippen LogP contribution < -0.4 is 5.56 Å². The number of fused-ring (bicyclic) bond motifs is 1. The molecule has 1 amide bonds. The van der Waals surface area contributed by atoms with E-state index >= 15 is 0 Å².